The van der Waals surface area contributed by atoms with Gasteiger partial charge in [0.15, 0.2) is 0 Å². The molecule has 2 N–H and O–H groups in total. The maximum atomic E-state index is 14.6. The van der Waals surface area contributed by atoms with Crippen LogP contribution < -0.4 is 10.5 Å². The molecule has 0 saturated carbocycles. The molecule has 5 rings (SSSR count). The molecule has 1 unspecified atom stereocenters. The van der Waals surface area contributed by atoms with Crippen LogP contribution in [0.1, 0.15) is 38.8 Å². The van der Waals surface area contributed by atoms with E-state index in [1.165, 1.54) is 18.1 Å². The molecule has 11 heteroatoms. The van der Waals surface area contributed by atoms with Crippen LogP contribution in [0, 0.1) is 5.82 Å². The molecule has 32 heavy (non-hydrogen) atoms. The predicted molar refractivity (Wildman–Crippen MR) is 104 cm³/mol. The molecule has 3 aromatic rings. The summed E-state index contributed by atoms with van der Waals surface area (Å²) in [5.41, 5.74) is 6.86. The number of alkyl halides is 3. The molecule has 4 heterocycles. The van der Waals surface area contributed by atoms with Crippen molar-refractivity contribution in [2.45, 2.75) is 25.4 Å². The summed E-state index contributed by atoms with van der Waals surface area (Å²) in [5.74, 6) is -1.52. The Morgan fingerprint density at radius 2 is 1.97 bits per heavy atom. The summed E-state index contributed by atoms with van der Waals surface area (Å²) in [5, 5.41) is 0.669. The van der Waals surface area contributed by atoms with Crippen LogP contribution in [0.4, 0.5) is 23.4 Å². The lowest BCUT2D eigenvalue weighted by Crippen LogP contribution is -2.33. The molecule has 1 atom stereocenters. The summed E-state index contributed by atoms with van der Waals surface area (Å²) in [4.78, 5) is 22.8. The first-order valence-corrected chi connectivity index (χ1v) is 9.60. The van der Waals surface area contributed by atoms with Crippen LogP contribution in [0.5, 0.6) is 5.75 Å². The minimum absolute atomic E-state index is 0.0708. The van der Waals surface area contributed by atoms with Crippen LogP contribution in [0.15, 0.2) is 24.4 Å². The van der Waals surface area contributed by atoms with E-state index in [4.69, 9.17) is 15.2 Å². The van der Waals surface area contributed by atoms with E-state index in [-0.39, 0.29) is 23.6 Å². The van der Waals surface area contributed by atoms with Crippen molar-refractivity contribution in [2.75, 3.05) is 19.4 Å². The number of carbonyl (C=O) groups excluding carboxylic acids is 1. The normalized spacial score (nSPS) is 17.2. The monoisotopic (exact) mass is 448 g/mol. The average molecular weight is 448 g/mol. The number of carbonyl (C=O) groups is 1. The molecule has 1 amide bonds. The SMILES string of the molecule is CN(C(=O)c1cc2c3c(c(N)nc2cn1)COC3)C1COc2cc(C(F)(F)F)cc(F)c21. The largest absolute Gasteiger partial charge is 0.491 e. The Bertz CT molecular complexity index is 1280. The number of rotatable bonds is 2. The second kappa shape index (κ2) is 7.02. The lowest BCUT2D eigenvalue weighted by molar-refractivity contribution is -0.137. The van der Waals surface area contributed by atoms with Gasteiger partial charge in [0.2, 0.25) is 0 Å². The maximum Gasteiger partial charge on any atom is 0.416 e. The Hall–Kier alpha value is -3.47. The predicted octanol–water partition coefficient (Wildman–Crippen LogP) is 3.61. The zero-order valence-corrected chi connectivity index (χ0v) is 16.7. The third-order valence-corrected chi connectivity index (χ3v) is 5.77. The van der Waals surface area contributed by atoms with Crippen molar-refractivity contribution in [3.63, 3.8) is 0 Å². The van der Waals surface area contributed by atoms with Gasteiger partial charge >= 0.3 is 6.18 Å². The van der Waals surface area contributed by atoms with Crippen LogP contribution in [0.3, 0.4) is 0 Å². The third kappa shape index (κ3) is 3.11. The van der Waals surface area contributed by atoms with Crippen LogP contribution >= 0.6 is 0 Å². The van der Waals surface area contributed by atoms with Crippen molar-refractivity contribution >= 4 is 22.6 Å². The highest BCUT2D eigenvalue weighted by Crippen LogP contribution is 2.42. The summed E-state index contributed by atoms with van der Waals surface area (Å²) in [6, 6.07) is 1.81. The van der Waals surface area contributed by atoms with Crippen LogP contribution in [-0.4, -0.2) is 34.4 Å². The highest BCUT2D eigenvalue weighted by atomic mass is 19.4. The van der Waals surface area contributed by atoms with Gasteiger partial charge in [0, 0.05) is 18.0 Å². The first-order valence-electron chi connectivity index (χ1n) is 9.60. The van der Waals surface area contributed by atoms with E-state index in [9.17, 15) is 22.4 Å². The van der Waals surface area contributed by atoms with E-state index < -0.39 is 29.5 Å². The standard InChI is InChI=1S/C21H16F4N4O3/c1-29(16-8-32-17-3-9(21(23,24)25)2-13(22)18(16)17)20(30)14-4-10-11-6-31-7-12(11)19(26)28-15(10)5-27-14/h2-5,16H,6-8H2,1H3,(H2,26,28). The van der Waals surface area contributed by atoms with Gasteiger partial charge in [0.25, 0.3) is 5.91 Å². The molecule has 0 fully saturated rings. The lowest BCUT2D eigenvalue weighted by Gasteiger charge is -2.24. The number of hydrogen-bond acceptors (Lipinski definition) is 6. The Kier molecular flexibility index (Phi) is 4.48. The Balaban J connectivity index is 1.49. The number of aromatic nitrogens is 2. The van der Waals surface area contributed by atoms with Gasteiger partial charge in [-0.1, -0.05) is 0 Å². The molecule has 0 saturated heterocycles. The van der Waals surface area contributed by atoms with Gasteiger partial charge in [0.05, 0.1) is 42.1 Å². The molecule has 2 aliphatic rings. The van der Waals surface area contributed by atoms with Gasteiger partial charge in [0.1, 0.15) is 29.7 Å². The molecule has 2 aliphatic heterocycles. The molecule has 2 aromatic heterocycles. The number of likely N-dealkylation sites (N-methyl/N-ethyl adjacent to an activating group) is 1. The zero-order valence-electron chi connectivity index (χ0n) is 16.7. The molecule has 0 bridgehead atoms. The topological polar surface area (TPSA) is 90.6 Å². The highest BCUT2D eigenvalue weighted by molar-refractivity contribution is 5.97. The van der Waals surface area contributed by atoms with E-state index >= 15 is 0 Å². The third-order valence-electron chi connectivity index (χ3n) is 5.77. The van der Waals surface area contributed by atoms with Crippen molar-refractivity contribution in [3.8, 4) is 5.75 Å². The number of ether oxygens (including phenoxy) is 2. The average Bonchev–Trinajstić information content (AvgIpc) is 3.40. The Morgan fingerprint density at radius 1 is 1.22 bits per heavy atom. The molecule has 166 valence electrons. The van der Waals surface area contributed by atoms with Crippen LogP contribution in [0.25, 0.3) is 10.9 Å². The van der Waals surface area contributed by atoms with E-state index in [0.29, 0.717) is 36.0 Å². The van der Waals surface area contributed by atoms with Gasteiger partial charge in [-0.05, 0) is 23.8 Å². The number of pyridine rings is 2. The first-order chi connectivity index (χ1) is 15.1. The number of halogens is 4. The van der Waals surface area contributed by atoms with E-state index in [1.54, 1.807) is 6.07 Å². The number of fused-ring (bicyclic) bond motifs is 4. The van der Waals surface area contributed by atoms with Crippen molar-refractivity contribution in [3.05, 3.63) is 58.2 Å². The smallest absolute Gasteiger partial charge is 0.416 e. The fourth-order valence-corrected chi connectivity index (χ4v) is 4.07. The van der Waals surface area contributed by atoms with Gasteiger partial charge in [-0.3, -0.25) is 4.79 Å². The minimum Gasteiger partial charge on any atom is -0.491 e. The molecule has 0 aliphatic carbocycles. The number of hydrogen-bond donors (Lipinski definition) is 1. The minimum atomic E-state index is -4.71. The fraction of sp³-hybridized carbons (Fsp3) is 0.286. The number of amides is 1. The summed E-state index contributed by atoms with van der Waals surface area (Å²) in [6.45, 7) is 0.471. The molecule has 0 spiro atoms. The van der Waals surface area contributed by atoms with Crippen LogP contribution in [-0.2, 0) is 24.1 Å². The summed E-state index contributed by atoms with van der Waals surface area (Å²) >= 11 is 0. The number of benzene rings is 1. The van der Waals surface area contributed by atoms with E-state index in [1.807, 2.05) is 0 Å². The summed E-state index contributed by atoms with van der Waals surface area (Å²) < 4.78 is 64.2. The number of anilines is 1. The van der Waals surface area contributed by atoms with Gasteiger partial charge in [-0.25, -0.2) is 14.4 Å². The van der Waals surface area contributed by atoms with Crippen molar-refractivity contribution in [1.82, 2.24) is 14.9 Å². The molecular weight excluding hydrogens is 432 g/mol. The van der Waals surface area contributed by atoms with E-state index in [0.717, 1.165) is 17.2 Å². The van der Waals surface area contributed by atoms with Crippen molar-refractivity contribution in [2.24, 2.45) is 0 Å². The number of nitrogens with two attached hydrogens (primary N) is 1. The number of nitrogen functional groups attached to an aromatic ring is 1. The Morgan fingerprint density at radius 3 is 2.72 bits per heavy atom. The zero-order chi connectivity index (χ0) is 22.8. The molecular formula is C21H16F4N4O3. The Labute approximate surface area is 178 Å². The van der Waals surface area contributed by atoms with E-state index in [2.05, 4.69) is 9.97 Å². The molecule has 0 radical (unpaired) electrons. The van der Waals surface area contributed by atoms with Gasteiger partial charge in [-0.15, -0.1) is 0 Å². The second-order valence-electron chi connectivity index (χ2n) is 7.64. The fourth-order valence-electron chi connectivity index (χ4n) is 4.07. The first kappa shape index (κ1) is 20.4. The number of nitrogens with zero attached hydrogens (tertiary/aromatic N) is 3. The molecule has 1 aromatic carbocycles. The highest BCUT2D eigenvalue weighted by Gasteiger charge is 2.38. The second-order valence-corrected chi connectivity index (χ2v) is 7.64. The van der Waals surface area contributed by atoms with Crippen molar-refractivity contribution in [1.29, 1.82) is 0 Å². The summed E-state index contributed by atoms with van der Waals surface area (Å²) in [7, 11) is 1.42. The quantitative estimate of drug-likeness (QED) is 0.603. The van der Waals surface area contributed by atoms with Crippen LogP contribution in [0.2, 0.25) is 0 Å². The maximum absolute atomic E-state index is 14.6. The van der Waals surface area contributed by atoms with Gasteiger partial charge < -0.3 is 20.1 Å². The lowest BCUT2D eigenvalue weighted by atomic mass is 10.0. The summed E-state index contributed by atoms with van der Waals surface area (Å²) in [6.07, 6.45) is -3.30. The van der Waals surface area contributed by atoms with Gasteiger partial charge in [-0.2, -0.15) is 13.2 Å². The van der Waals surface area contributed by atoms with Crippen molar-refractivity contribution < 1.29 is 31.8 Å². The molecule has 7 nitrogen and oxygen atoms in total.